The van der Waals surface area contributed by atoms with Crippen LogP contribution in [0.15, 0.2) is 53.4 Å². The number of ether oxygens (including phenoxy) is 2. The number of halogens is 4. The third-order valence-corrected chi connectivity index (χ3v) is 6.51. The second kappa shape index (κ2) is 8.92. The van der Waals surface area contributed by atoms with Gasteiger partial charge in [-0.3, -0.25) is 5.32 Å². The molecule has 3 rings (SSSR count). The molecule has 32 heavy (non-hydrogen) atoms. The number of hydrogen-bond donors (Lipinski definition) is 2. The molecule has 0 atom stereocenters. The minimum Gasteiger partial charge on any atom is -0.417 e. The van der Waals surface area contributed by atoms with E-state index in [0.717, 1.165) is 40.7 Å². The second-order valence-corrected chi connectivity index (χ2v) is 8.77. The molecule has 2 N–H and O–H groups in total. The number of piperidine rings is 1. The molecule has 1 saturated heterocycles. The second-order valence-electron chi connectivity index (χ2n) is 6.87. The predicted molar refractivity (Wildman–Crippen MR) is 103 cm³/mol. The highest BCUT2D eigenvalue weighted by atomic mass is 32.2. The predicted octanol–water partition coefficient (Wildman–Crippen LogP) is 3.45. The van der Waals surface area contributed by atoms with Crippen LogP contribution in [0.1, 0.15) is 12.8 Å². The van der Waals surface area contributed by atoms with Crippen LogP contribution in [-0.2, 0) is 14.8 Å². The van der Waals surface area contributed by atoms with Gasteiger partial charge in [-0.2, -0.15) is 4.31 Å². The van der Waals surface area contributed by atoms with Gasteiger partial charge in [0.2, 0.25) is 15.8 Å². The number of alkyl halides is 3. The molecular weight excluding hydrogens is 460 g/mol. The van der Waals surface area contributed by atoms with E-state index >= 15 is 0 Å². The van der Waals surface area contributed by atoms with Crippen molar-refractivity contribution < 1.29 is 45.4 Å². The number of nitrogens with one attached hydrogen (secondary N) is 1. The maximum absolute atomic E-state index is 13.9. The van der Waals surface area contributed by atoms with Crippen molar-refractivity contribution >= 4 is 21.8 Å². The lowest BCUT2D eigenvalue weighted by Crippen LogP contribution is -2.49. The van der Waals surface area contributed by atoms with E-state index in [0.29, 0.717) is 0 Å². The van der Waals surface area contributed by atoms with E-state index in [1.165, 1.54) is 12.1 Å². The Bertz CT molecular complexity index is 1070. The molecule has 8 nitrogen and oxygen atoms in total. The highest BCUT2D eigenvalue weighted by Crippen LogP contribution is 2.29. The average Bonchev–Trinajstić information content (AvgIpc) is 2.68. The lowest BCUT2D eigenvalue weighted by molar-refractivity contribution is -0.274. The Hall–Kier alpha value is -2.90. The minimum atomic E-state index is -4.86. The number of benzene rings is 2. The van der Waals surface area contributed by atoms with Crippen molar-refractivity contribution in [2.24, 2.45) is 0 Å². The topological polar surface area (TPSA) is 105 Å². The van der Waals surface area contributed by atoms with Gasteiger partial charge in [0.1, 0.15) is 16.5 Å². The van der Waals surface area contributed by atoms with Crippen molar-refractivity contribution in [3.05, 3.63) is 54.3 Å². The highest BCUT2D eigenvalue weighted by molar-refractivity contribution is 7.89. The molecule has 0 unspecified atom stereocenters. The largest absolute Gasteiger partial charge is 0.573 e. The van der Waals surface area contributed by atoms with Crippen molar-refractivity contribution in [2.45, 2.75) is 29.9 Å². The molecule has 1 aliphatic rings. The summed E-state index contributed by atoms with van der Waals surface area (Å²) in [6, 6.07) is 9.10. The van der Waals surface area contributed by atoms with Crippen LogP contribution < -0.4 is 10.1 Å². The van der Waals surface area contributed by atoms with Crippen LogP contribution in [0.5, 0.6) is 5.75 Å². The molecule has 1 fully saturated rings. The lowest BCUT2D eigenvalue weighted by Gasteiger charge is -2.36. The normalized spacial score (nSPS) is 16.9. The number of amides is 1. The Morgan fingerprint density at radius 2 is 1.66 bits per heavy atom. The van der Waals surface area contributed by atoms with E-state index in [1.807, 2.05) is 0 Å². The number of sulfonamides is 1. The van der Waals surface area contributed by atoms with E-state index in [9.17, 15) is 35.9 Å². The number of carbonyl (C=O) groups excluding carboxylic acids is 1. The van der Waals surface area contributed by atoms with Crippen LogP contribution in [0, 0.1) is 5.82 Å². The van der Waals surface area contributed by atoms with Gasteiger partial charge in [-0.25, -0.2) is 17.6 Å². The molecule has 0 radical (unpaired) electrons. The first-order valence-electron chi connectivity index (χ1n) is 9.21. The Morgan fingerprint density at radius 3 is 2.22 bits per heavy atom. The molecule has 1 amide bonds. The number of anilines is 1. The molecule has 0 aromatic heterocycles. The number of hydrogen-bond acceptors (Lipinski definition) is 6. The zero-order chi connectivity index (χ0) is 23.6. The van der Waals surface area contributed by atoms with Crippen molar-refractivity contribution in [1.29, 1.82) is 0 Å². The Balaban J connectivity index is 1.56. The summed E-state index contributed by atoms with van der Waals surface area (Å²) in [6.07, 6.45) is -6.49. The van der Waals surface area contributed by atoms with Crippen LogP contribution >= 0.6 is 0 Å². The van der Waals surface area contributed by atoms with Crippen molar-refractivity contribution in [1.82, 2.24) is 4.31 Å². The van der Waals surface area contributed by atoms with Crippen LogP contribution in [-0.4, -0.2) is 49.2 Å². The molecule has 174 valence electrons. The summed E-state index contributed by atoms with van der Waals surface area (Å²) in [5.41, 5.74) is 0.0766. The maximum atomic E-state index is 13.9. The summed E-state index contributed by atoms with van der Waals surface area (Å²) >= 11 is 0. The molecule has 0 spiro atoms. The van der Waals surface area contributed by atoms with Gasteiger partial charge < -0.3 is 14.6 Å². The molecule has 2 aromatic carbocycles. The van der Waals surface area contributed by atoms with Gasteiger partial charge in [-0.05, 0) is 36.4 Å². The number of rotatable bonds is 5. The van der Waals surface area contributed by atoms with E-state index in [4.69, 9.17) is 4.74 Å². The maximum Gasteiger partial charge on any atom is 0.573 e. The summed E-state index contributed by atoms with van der Waals surface area (Å²) in [7, 11) is -4.14. The average molecular weight is 478 g/mol. The van der Waals surface area contributed by atoms with E-state index in [2.05, 4.69) is 10.1 Å². The Kier molecular flexibility index (Phi) is 6.62. The molecule has 0 aliphatic carbocycles. The number of aliphatic hydroxyl groups is 1. The standard InChI is InChI=1S/C19H18F4N2O6S/c20-15-3-1-2-4-16(15)32(28,29)25-11-9-18(27,10-12-25)31-17(26)24-13-5-7-14(8-6-13)30-19(21,22)23/h1-8,27H,9-12H2,(H,24,26). The van der Waals surface area contributed by atoms with Crippen LogP contribution in [0.4, 0.5) is 28.0 Å². The van der Waals surface area contributed by atoms with Crippen LogP contribution in [0.2, 0.25) is 0 Å². The van der Waals surface area contributed by atoms with Gasteiger partial charge in [-0.1, -0.05) is 12.1 Å². The number of nitrogens with zero attached hydrogens (tertiary/aromatic N) is 1. The molecule has 13 heteroatoms. The van der Waals surface area contributed by atoms with Crippen molar-refractivity contribution in [3.63, 3.8) is 0 Å². The quantitative estimate of drug-likeness (QED) is 0.504. The first-order chi connectivity index (χ1) is 14.9. The fourth-order valence-corrected chi connectivity index (χ4v) is 4.53. The molecule has 0 bridgehead atoms. The van der Waals surface area contributed by atoms with E-state index < -0.39 is 44.7 Å². The van der Waals surface area contributed by atoms with Crippen molar-refractivity contribution in [2.75, 3.05) is 18.4 Å². The van der Waals surface area contributed by atoms with E-state index in [-0.39, 0.29) is 31.6 Å². The third-order valence-electron chi connectivity index (χ3n) is 4.58. The smallest absolute Gasteiger partial charge is 0.417 e. The monoisotopic (exact) mass is 478 g/mol. The zero-order valence-electron chi connectivity index (χ0n) is 16.3. The fourth-order valence-electron chi connectivity index (χ4n) is 3.03. The summed E-state index contributed by atoms with van der Waals surface area (Å²) in [5.74, 6) is -3.38. The Morgan fingerprint density at radius 1 is 1.06 bits per heavy atom. The summed E-state index contributed by atoms with van der Waals surface area (Å²) in [5, 5.41) is 12.7. The van der Waals surface area contributed by atoms with Crippen molar-refractivity contribution in [3.8, 4) is 5.75 Å². The molecule has 1 heterocycles. The Labute approximate surface area is 180 Å². The SMILES string of the molecule is O=C(Nc1ccc(OC(F)(F)F)cc1)OC1(O)CCN(S(=O)(=O)c2ccccc2F)CC1. The molecule has 1 aliphatic heterocycles. The van der Waals surface area contributed by atoms with Gasteiger partial charge in [0.05, 0.1) is 0 Å². The molecular formula is C19H18F4N2O6S. The number of carbonyl (C=O) groups is 1. The summed E-state index contributed by atoms with van der Waals surface area (Å²) in [6.45, 7) is -0.464. The zero-order valence-corrected chi connectivity index (χ0v) is 17.1. The summed E-state index contributed by atoms with van der Waals surface area (Å²) in [4.78, 5) is 11.6. The third kappa shape index (κ3) is 5.87. The van der Waals surface area contributed by atoms with E-state index in [1.54, 1.807) is 0 Å². The molecule has 2 aromatic rings. The molecule has 0 saturated carbocycles. The fraction of sp³-hybridized carbons (Fsp3) is 0.316. The van der Waals surface area contributed by atoms with Crippen LogP contribution in [0.3, 0.4) is 0 Å². The van der Waals surface area contributed by atoms with Crippen LogP contribution in [0.25, 0.3) is 0 Å². The summed E-state index contributed by atoms with van der Waals surface area (Å²) < 4.78 is 85.3. The van der Waals surface area contributed by atoms with Gasteiger partial charge in [0.25, 0.3) is 0 Å². The van der Waals surface area contributed by atoms with Gasteiger partial charge in [0, 0.05) is 31.6 Å². The lowest BCUT2D eigenvalue weighted by atomic mass is 10.1. The van der Waals surface area contributed by atoms with Gasteiger partial charge in [-0.15, -0.1) is 13.2 Å². The first kappa shape index (κ1) is 23.8. The van der Waals surface area contributed by atoms with Gasteiger partial charge >= 0.3 is 12.5 Å². The highest BCUT2D eigenvalue weighted by Gasteiger charge is 2.40. The minimum absolute atomic E-state index is 0.0766. The van der Waals surface area contributed by atoms with Gasteiger partial charge in [0.15, 0.2) is 0 Å². The first-order valence-corrected chi connectivity index (χ1v) is 10.6.